The number of nitriles is 1. The Morgan fingerprint density at radius 1 is 1.17 bits per heavy atom. The highest BCUT2D eigenvalue weighted by Gasteiger charge is 2.52. The molecule has 1 aromatic heterocycles. The second kappa shape index (κ2) is 10.2. The van der Waals surface area contributed by atoms with E-state index in [-0.39, 0.29) is 17.9 Å². The van der Waals surface area contributed by atoms with Gasteiger partial charge in [-0.3, -0.25) is 9.69 Å². The second-order valence-electron chi connectivity index (χ2n) is 11.0. The van der Waals surface area contributed by atoms with Gasteiger partial charge in [-0.2, -0.15) is 5.26 Å². The number of carbonyl (C=O) groups is 2. The fourth-order valence-electron chi connectivity index (χ4n) is 5.18. The molecule has 1 aromatic carbocycles. The lowest BCUT2D eigenvalue weighted by atomic mass is 9.97. The molecule has 8 nitrogen and oxygen atoms in total. The van der Waals surface area contributed by atoms with Gasteiger partial charge in [-0.1, -0.05) is 24.3 Å². The Morgan fingerprint density at radius 2 is 1.86 bits per heavy atom. The molecule has 0 spiro atoms. The highest BCUT2D eigenvalue weighted by atomic mass is 16.6. The van der Waals surface area contributed by atoms with Crippen molar-refractivity contribution < 1.29 is 14.3 Å². The summed E-state index contributed by atoms with van der Waals surface area (Å²) in [7, 11) is 3.90. The quantitative estimate of drug-likeness (QED) is 0.654. The van der Waals surface area contributed by atoms with E-state index >= 15 is 0 Å². The van der Waals surface area contributed by atoms with Gasteiger partial charge in [0, 0.05) is 38.3 Å². The van der Waals surface area contributed by atoms with Crippen molar-refractivity contribution >= 4 is 17.8 Å². The Labute approximate surface area is 213 Å². The zero-order chi connectivity index (χ0) is 26.0. The molecular formula is C28H35N5O3. The summed E-state index contributed by atoms with van der Waals surface area (Å²) < 4.78 is 5.58. The minimum Gasteiger partial charge on any atom is -0.444 e. The number of hydrogen-bond donors (Lipinski definition) is 1. The van der Waals surface area contributed by atoms with Gasteiger partial charge in [0.2, 0.25) is 5.91 Å². The molecule has 2 bridgehead atoms. The number of likely N-dealkylation sites (tertiary alicyclic amines) is 1. The van der Waals surface area contributed by atoms with Gasteiger partial charge in [-0.25, -0.2) is 9.78 Å². The molecule has 4 atom stereocenters. The van der Waals surface area contributed by atoms with E-state index in [1.165, 1.54) is 0 Å². The molecule has 0 radical (unpaired) electrons. The van der Waals surface area contributed by atoms with E-state index in [1.807, 2.05) is 82.4 Å². The minimum absolute atomic E-state index is 0.0231. The standard InChI is InChI=1S/C28H35N5O3/c1-28(2,3)36-27(35)33-23-12-10-20(15-23)25(33)26(34)31-22(16-29)14-18-6-8-19(9-7-18)21-11-13-24(30-17-21)32(4)5/h6-9,11,13,17,20,22-23,25H,10,12,14-15H2,1-5H3,(H,31,34). The number of aromatic nitrogens is 1. The number of pyridine rings is 1. The molecule has 1 aliphatic heterocycles. The van der Waals surface area contributed by atoms with Crippen molar-refractivity contribution in [1.29, 1.82) is 5.26 Å². The van der Waals surface area contributed by atoms with Crippen LogP contribution in [0.25, 0.3) is 11.1 Å². The molecular weight excluding hydrogens is 454 g/mol. The van der Waals surface area contributed by atoms with Gasteiger partial charge in [0.15, 0.2) is 0 Å². The van der Waals surface area contributed by atoms with Gasteiger partial charge in [0.05, 0.1) is 6.07 Å². The average Bonchev–Trinajstić information content (AvgIpc) is 3.45. The molecule has 1 aliphatic carbocycles. The zero-order valence-corrected chi connectivity index (χ0v) is 21.7. The summed E-state index contributed by atoms with van der Waals surface area (Å²) >= 11 is 0. The van der Waals surface area contributed by atoms with Crippen LogP contribution in [0.2, 0.25) is 0 Å². The number of hydrogen-bond acceptors (Lipinski definition) is 6. The Bertz CT molecular complexity index is 1130. The van der Waals surface area contributed by atoms with Crippen LogP contribution < -0.4 is 10.2 Å². The van der Waals surface area contributed by atoms with Crippen LogP contribution in [0, 0.1) is 17.2 Å². The van der Waals surface area contributed by atoms with Gasteiger partial charge in [0.25, 0.3) is 0 Å². The number of benzene rings is 1. The molecule has 2 aromatic rings. The maximum atomic E-state index is 13.3. The topological polar surface area (TPSA) is 98.6 Å². The van der Waals surface area contributed by atoms with Crippen molar-refractivity contribution in [3.8, 4) is 17.2 Å². The fourth-order valence-corrected chi connectivity index (χ4v) is 5.18. The van der Waals surface area contributed by atoms with Crippen molar-refractivity contribution in [3.63, 3.8) is 0 Å². The molecule has 1 saturated heterocycles. The molecule has 2 aliphatic rings. The predicted octanol–water partition coefficient (Wildman–Crippen LogP) is 4.15. The number of nitrogens with one attached hydrogen (secondary N) is 1. The largest absolute Gasteiger partial charge is 0.444 e. The maximum Gasteiger partial charge on any atom is 0.411 e. The third kappa shape index (κ3) is 5.62. The number of amides is 2. The summed E-state index contributed by atoms with van der Waals surface area (Å²) in [6, 6.07) is 12.9. The Hall–Kier alpha value is -3.60. The van der Waals surface area contributed by atoms with E-state index in [2.05, 4.69) is 16.4 Å². The van der Waals surface area contributed by atoms with Gasteiger partial charge in [-0.15, -0.1) is 0 Å². The predicted molar refractivity (Wildman–Crippen MR) is 138 cm³/mol. The summed E-state index contributed by atoms with van der Waals surface area (Å²) in [5.41, 5.74) is 2.35. The van der Waals surface area contributed by atoms with Crippen molar-refractivity contribution in [2.24, 2.45) is 5.92 Å². The molecule has 2 amide bonds. The number of anilines is 1. The summed E-state index contributed by atoms with van der Waals surface area (Å²) in [6.45, 7) is 5.46. The monoisotopic (exact) mass is 489 g/mol. The fraction of sp³-hybridized carbons (Fsp3) is 0.500. The number of fused-ring (bicyclic) bond motifs is 2. The van der Waals surface area contributed by atoms with E-state index in [0.717, 1.165) is 41.8 Å². The van der Waals surface area contributed by atoms with Crippen molar-refractivity contribution in [1.82, 2.24) is 15.2 Å². The lowest BCUT2D eigenvalue weighted by Crippen LogP contribution is -2.55. The number of ether oxygens (including phenoxy) is 1. The first-order valence-corrected chi connectivity index (χ1v) is 12.5. The molecule has 1 N–H and O–H groups in total. The minimum atomic E-state index is -0.691. The highest BCUT2D eigenvalue weighted by molar-refractivity contribution is 5.87. The molecule has 4 unspecified atom stereocenters. The van der Waals surface area contributed by atoms with Gasteiger partial charge >= 0.3 is 6.09 Å². The van der Waals surface area contributed by atoms with Crippen LogP contribution in [-0.2, 0) is 16.0 Å². The molecule has 2 heterocycles. The second-order valence-corrected chi connectivity index (χ2v) is 11.0. The number of piperidine rings is 1. The first kappa shape index (κ1) is 25.5. The Kier molecular flexibility index (Phi) is 7.21. The number of carbonyl (C=O) groups excluding carboxylic acids is 2. The molecule has 4 rings (SSSR count). The average molecular weight is 490 g/mol. The lowest BCUT2D eigenvalue weighted by Gasteiger charge is -2.35. The van der Waals surface area contributed by atoms with E-state index in [1.54, 1.807) is 4.90 Å². The van der Waals surface area contributed by atoms with Crippen molar-refractivity contribution in [3.05, 3.63) is 48.2 Å². The maximum absolute atomic E-state index is 13.3. The van der Waals surface area contributed by atoms with Crippen LogP contribution in [-0.4, -0.2) is 59.7 Å². The van der Waals surface area contributed by atoms with Crippen molar-refractivity contribution in [2.75, 3.05) is 19.0 Å². The lowest BCUT2D eigenvalue weighted by molar-refractivity contribution is -0.128. The molecule has 2 fully saturated rings. The van der Waals surface area contributed by atoms with Crippen LogP contribution in [0.4, 0.5) is 10.6 Å². The molecule has 1 saturated carbocycles. The highest BCUT2D eigenvalue weighted by Crippen LogP contribution is 2.43. The van der Waals surface area contributed by atoms with Crippen molar-refractivity contribution in [2.45, 2.75) is 70.2 Å². The normalized spacial score (nSPS) is 21.6. The van der Waals surface area contributed by atoms with E-state index < -0.39 is 23.8 Å². The first-order valence-electron chi connectivity index (χ1n) is 12.5. The van der Waals surface area contributed by atoms with Crippen LogP contribution >= 0.6 is 0 Å². The van der Waals surface area contributed by atoms with Gasteiger partial charge in [-0.05, 0) is 69.2 Å². The third-order valence-corrected chi connectivity index (χ3v) is 6.86. The zero-order valence-electron chi connectivity index (χ0n) is 21.7. The summed E-state index contributed by atoms with van der Waals surface area (Å²) in [6.07, 6.45) is 4.37. The number of nitrogens with zero attached hydrogens (tertiary/aromatic N) is 4. The Balaban J connectivity index is 1.40. The SMILES string of the molecule is CN(C)c1ccc(-c2ccc(CC(C#N)NC(=O)C3C4CCC(C4)N3C(=O)OC(C)(C)C)cc2)cn1. The molecule has 8 heteroatoms. The number of rotatable bonds is 6. The van der Waals surface area contributed by atoms with E-state index in [4.69, 9.17) is 4.74 Å². The summed E-state index contributed by atoms with van der Waals surface area (Å²) in [4.78, 5) is 34.1. The van der Waals surface area contributed by atoms with Crippen LogP contribution in [0.15, 0.2) is 42.6 Å². The first-order chi connectivity index (χ1) is 17.1. The Morgan fingerprint density at radius 3 is 2.44 bits per heavy atom. The van der Waals surface area contributed by atoms with Crippen LogP contribution in [0.3, 0.4) is 0 Å². The smallest absolute Gasteiger partial charge is 0.411 e. The van der Waals surface area contributed by atoms with Crippen LogP contribution in [0.1, 0.15) is 45.6 Å². The van der Waals surface area contributed by atoms with E-state index in [0.29, 0.717) is 6.42 Å². The third-order valence-electron chi connectivity index (χ3n) is 6.86. The van der Waals surface area contributed by atoms with Crippen LogP contribution in [0.5, 0.6) is 0 Å². The van der Waals surface area contributed by atoms with Gasteiger partial charge < -0.3 is 15.0 Å². The molecule has 36 heavy (non-hydrogen) atoms. The van der Waals surface area contributed by atoms with Gasteiger partial charge in [0.1, 0.15) is 23.5 Å². The summed E-state index contributed by atoms with van der Waals surface area (Å²) in [5.74, 6) is 0.723. The van der Waals surface area contributed by atoms with E-state index in [9.17, 15) is 14.9 Å². The molecule has 190 valence electrons. The summed E-state index contributed by atoms with van der Waals surface area (Å²) in [5, 5.41) is 12.6.